The fourth-order valence-corrected chi connectivity index (χ4v) is 3.53. The van der Waals surface area contributed by atoms with Crippen molar-refractivity contribution in [3.05, 3.63) is 23.7 Å². The summed E-state index contributed by atoms with van der Waals surface area (Å²) in [7, 11) is 0. The predicted octanol–water partition coefficient (Wildman–Crippen LogP) is 2.51. The lowest BCUT2D eigenvalue weighted by atomic mass is 9.92. The van der Waals surface area contributed by atoms with Crippen LogP contribution in [0.4, 0.5) is 5.95 Å². The highest BCUT2D eigenvalue weighted by atomic mass is 16.5. The monoisotopic (exact) mass is 313 g/mol. The lowest BCUT2D eigenvalue weighted by molar-refractivity contribution is 0.423. The Hall–Kier alpha value is -1.95. The molecule has 0 bridgehead atoms. The number of aromatic nitrogens is 3. The number of nitrogens with zero attached hydrogens (tertiary/aromatic N) is 4. The number of rotatable bonds is 3. The van der Waals surface area contributed by atoms with Gasteiger partial charge in [-0.15, -0.1) is 0 Å². The van der Waals surface area contributed by atoms with Crippen LogP contribution in [0, 0.1) is 6.92 Å². The van der Waals surface area contributed by atoms with E-state index < -0.39 is 0 Å². The Labute approximate surface area is 136 Å². The van der Waals surface area contributed by atoms with E-state index in [1.165, 1.54) is 19.3 Å². The molecule has 4 heterocycles. The second-order valence-electron chi connectivity index (χ2n) is 6.54. The van der Waals surface area contributed by atoms with E-state index in [9.17, 15) is 0 Å². The fourth-order valence-electron chi connectivity index (χ4n) is 3.53. The number of hydrogen-bond donors (Lipinski definition) is 1. The molecule has 6 nitrogen and oxygen atoms in total. The Morgan fingerprint density at radius 3 is 2.83 bits per heavy atom. The maximum absolute atomic E-state index is 5.48. The molecule has 0 aromatic carbocycles. The van der Waals surface area contributed by atoms with E-state index in [1.807, 2.05) is 19.2 Å². The van der Waals surface area contributed by atoms with Gasteiger partial charge in [0.2, 0.25) is 5.95 Å². The Balaban J connectivity index is 1.74. The van der Waals surface area contributed by atoms with E-state index >= 15 is 0 Å². The molecule has 0 radical (unpaired) electrons. The van der Waals surface area contributed by atoms with Crippen LogP contribution in [0.15, 0.2) is 16.8 Å². The minimum atomic E-state index is 0.411. The first kappa shape index (κ1) is 14.6. The van der Waals surface area contributed by atoms with Gasteiger partial charge in [-0.05, 0) is 39.2 Å². The van der Waals surface area contributed by atoms with Crippen molar-refractivity contribution in [2.24, 2.45) is 0 Å². The summed E-state index contributed by atoms with van der Waals surface area (Å²) in [6, 6.07) is 1.97. The minimum Gasteiger partial charge on any atom is -0.356 e. The molecule has 1 unspecified atom stereocenters. The van der Waals surface area contributed by atoms with Crippen LogP contribution >= 0.6 is 0 Å². The Morgan fingerprint density at radius 1 is 1.26 bits per heavy atom. The molecule has 1 N–H and O–H groups in total. The number of piperidine rings is 1. The molecule has 1 atom stereocenters. The van der Waals surface area contributed by atoms with Crippen LogP contribution in [0.3, 0.4) is 0 Å². The number of hydrogen-bond acceptors (Lipinski definition) is 6. The molecule has 122 valence electrons. The Bertz CT molecular complexity index is 671. The standard InChI is InChI=1S/C17H23N5O/c1-12-9-15(23-21-12)14-11-19-17(22-7-2-3-8-22)20-16(14)13-5-4-6-18-10-13/h9,11,13,18H,2-8,10H2,1H3. The molecular formula is C17H23N5O. The molecule has 2 aromatic rings. The van der Waals surface area contributed by atoms with Gasteiger partial charge in [0.05, 0.1) is 17.0 Å². The van der Waals surface area contributed by atoms with Crippen molar-refractivity contribution in [1.82, 2.24) is 20.4 Å². The molecule has 2 aliphatic rings. The zero-order chi connectivity index (χ0) is 15.6. The average molecular weight is 313 g/mol. The van der Waals surface area contributed by atoms with Crippen molar-refractivity contribution in [2.75, 3.05) is 31.1 Å². The van der Waals surface area contributed by atoms with Crippen molar-refractivity contribution in [3.63, 3.8) is 0 Å². The maximum atomic E-state index is 5.48. The lowest BCUT2D eigenvalue weighted by Gasteiger charge is -2.25. The Morgan fingerprint density at radius 2 is 2.13 bits per heavy atom. The smallest absolute Gasteiger partial charge is 0.225 e. The fraction of sp³-hybridized carbons (Fsp3) is 0.588. The van der Waals surface area contributed by atoms with Crippen LogP contribution in [0.5, 0.6) is 0 Å². The Kier molecular flexibility index (Phi) is 3.99. The third-order valence-electron chi connectivity index (χ3n) is 4.77. The molecule has 6 heteroatoms. The first-order valence-electron chi connectivity index (χ1n) is 8.57. The van der Waals surface area contributed by atoms with Gasteiger partial charge in [-0.25, -0.2) is 9.97 Å². The molecule has 23 heavy (non-hydrogen) atoms. The van der Waals surface area contributed by atoms with Crippen LogP contribution < -0.4 is 10.2 Å². The first-order chi connectivity index (χ1) is 11.3. The molecule has 0 aliphatic carbocycles. The molecule has 0 spiro atoms. The van der Waals surface area contributed by atoms with E-state index in [0.717, 1.165) is 61.3 Å². The highest BCUT2D eigenvalue weighted by Crippen LogP contribution is 2.33. The van der Waals surface area contributed by atoms with E-state index in [4.69, 9.17) is 9.51 Å². The average Bonchev–Trinajstić information content (AvgIpc) is 3.27. The van der Waals surface area contributed by atoms with Crippen molar-refractivity contribution < 1.29 is 4.52 Å². The highest BCUT2D eigenvalue weighted by molar-refractivity contribution is 5.61. The van der Waals surface area contributed by atoms with E-state index in [1.54, 1.807) is 0 Å². The molecular weight excluding hydrogens is 290 g/mol. The largest absolute Gasteiger partial charge is 0.356 e. The lowest BCUT2D eigenvalue weighted by Crippen LogP contribution is -2.30. The summed E-state index contributed by atoms with van der Waals surface area (Å²) in [5.41, 5.74) is 2.98. The third-order valence-corrected chi connectivity index (χ3v) is 4.77. The van der Waals surface area contributed by atoms with E-state index in [-0.39, 0.29) is 0 Å². The topological polar surface area (TPSA) is 67.1 Å². The van der Waals surface area contributed by atoms with Crippen LogP contribution in [-0.4, -0.2) is 41.3 Å². The molecule has 2 aliphatic heterocycles. The van der Waals surface area contributed by atoms with E-state index in [2.05, 4.69) is 20.4 Å². The molecule has 0 amide bonds. The number of nitrogens with one attached hydrogen (secondary N) is 1. The molecule has 2 saturated heterocycles. The van der Waals surface area contributed by atoms with Crippen LogP contribution in [-0.2, 0) is 0 Å². The second kappa shape index (κ2) is 6.28. The molecule has 0 saturated carbocycles. The van der Waals surface area contributed by atoms with E-state index in [0.29, 0.717) is 5.92 Å². The number of anilines is 1. The minimum absolute atomic E-state index is 0.411. The van der Waals surface area contributed by atoms with Gasteiger partial charge in [0.1, 0.15) is 0 Å². The predicted molar refractivity (Wildman–Crippen MR) is 88.6 cm³/mol. The van der Waals surface area contributed by atoms with Crippen molar-refractivity contribution in [3.8, 4) is 11.3 Å². The molecule has 2 fully saturated rings. The van der Waals surface area contributed by atoms with Crippen molar-refractivity contribution >= 4 is 5.95 Å². The van der Waals surface area contributed by atoms with Crippen molar-refractivity contribution in [2.45, 2.75) is 38.5 Å². The SMILES string of the molecule is Cc1cc(-c2cnc(N3CCCC3)nc2C2CCCNC2)on1. The van der Waals surface area contributed by atoms with Crippen LogP contribution in [0.25, 0.3) is 11.3 Å². The first-order valence-corrected chi connectivity index (χ1v) is 8.57. The van der Waals surface area contributed by atoms with Crippen LogP contribution in [0.2, 0.25) is 0 Å². The summed E-state index contributed by atoms with van der Waals surface area (Å²) in [5, 5.41) is 7.51. The van der Waals surface area contributed by atoms with Crippen LogP contribution in [0.1, 0.15) is 43.0 Å². The van der Waals surface area contributed by atoms with Gasteiger partial charge in [0.15, 0.2) is 5.76 Å². The maximum Gasteiger partial charge on any atom is 0.225 e. The zero-order valence-electron chi connectivity index (χ0n) is 13.6. The summed E-state index contributed by atoms with van der Waals surface area (Å²) in [5.74, 6) is 2.05. The third kappa shape index (κ3) is 2.95. The highest BCUT2D eigenvalue weighted by Gasteiger charge is 2.25. The summed E-state index contributed by atoms with van der Waals surface area (Å²) in [6.45, 7) is 6.12. The summed E-state index contributed by atoms with van der Waals surface area (Å²) < 4.78 is 5.48. The quantitative estimate of drug-likeness (QED) is 0.939. The summed E-state index contributed by atoms with van der Waals surface area (Å²) in [4.78, 5) is 11.8. The van der Waals surface area contributed by atoms with Gasteiger partial charge >= 0.3 is 0 Å². The molecule has 4 rings (SSSR count). The second-order valence-corrected chi connectivity index (χ2v) is 6.54. The van der Waals surface area contributed by atoms with Gasteiger partial charge in [-0.2, -0.15) is 0 Å². The summed E-state index contributed by atoms with van der Waals surface area (Å²) in [6.07, 6.45) is 6.72. The van der Waals surface area contributed by atoms with Gasteiger partial charge in [-0.3, -0.25) is 0 Å². The van der Waals surface area contributed by atoms with Gasteiger partial charge in [0, 0.05) is 37.8 Å². The van der Waals surface area contributed by atoms with Gasteiger partial charge in [-0.1, -0.05) is 5.16 Å². The molecule has 2 aromatic heterocycles. The summed E-state index contributed by atoms with van der Waals surface area (Å²) >= 11 is 0. The van der Waals surface area contributed by atoms with Gasteiger partial charge < -0.3 is 14.7 Å². The van der Waals surface area contributed by atoms with Crippen molar-refractivity contribution in [1.29, 1.82) is 0 Å². The normalized spacial score (nSPS) is 21.8. The van der Waals surface area contributed by atoms with Gasteiger partial charge in [0.25, 0.3) is 0 Å². The number of aryl methyl sites for hydroxylation is 1. The zero-order valence-corrected chi connectivity index (χ0v) is 13.6.